The SMILES string of the molecule is CCCc1ccc(S(=O)(=O)N2CCN(c3ccc(=O)n(-c4ccc(C)c(C)c4)n3)CC2)cc1. The fourth-order valence-electron chi connectivity index (χ4n) is 4.04. The highest BCUT2D eigenvalue weighted by molar-refractivity contribution is 7.89. The fourth-order valence-corrected chi connectivity index (χ4v) is 5.46. The summed E-state index contributed by atoms with van der Waals surface area (Å²) in [6.07, 6.45) is 1.97. The zero-order valence-electron chi connectivity index (χ0n) is 19.4. The summed E-state index contributed by atoms with van der Waals surface area (Å²) in [5.41, 5.74) is 3.91. The summed E-state index contributed by atoms with van der Waals surface area (Å²) >= 11 is 0. The Morgan fingerprint density at radius 2 is 1.58 bits per heavy atom. The number of benzene rings is 2. The van der Waals surface area contributed by atoms with Crippen molar-refractivity contribution in [2.24, 2.45) is 0 Å². The van der Waals surface area contributed by atoms with Gasteiger partial charge in [-0.25, -0.2) is 8.42 Å². The lowest BCUT2D eigenvalue weighted by molar-refractivity contribution is 0.383. The van der Waals surface area contributed by atoms with Crippen LogP contribution in [0.1, 0.15) is 30.0 Å². The van der Waals surface area contributed by atoms with E-state index in [4.69, 9.17) is 0 Å². The van der Waals surface area contributed by atoms with Gasteiger partial charge in [-0.15, -0.1) is 5.10 Å². The molecule has 0 unspecified atom stereocenters. The Labute approximate surface area is 195 Å². The molecule has 1 fully saturated rings. The molecule has 7 nitrogen and oxygen atoms in total. The molecule has 0 spiro atoms. The van der Waals surface area contributed by atoms with Crippen LogP contribution in [0.4, 0.5) is 5.82 Å². The molecule has 0 amide bonds. The molecule has 1 aliphatic heterocycles. The lowest BCUT2D eigenvalue weighted by atomic mass is 10.1. The molecule has 0 atom stereocenters. The van der Waals surface area contributed by atoms with Gasteiger partial charge in [-0.3, -0.25) is 4.79 Å². The van der Waals surface area contributed by atoms with E-state index >= 15 is 0 Å². The van der Waals surface area contributed by atoms with Crippen molar-refractivity contribution in [2.75, 3.05) is 31.1 Å². The third-order valence-corrected chi connectivity index (χ3v) is 8.10. The van der Waals surface area contributed by atoms with Crippen molar-refractivity contribution in [1.82, 2.24) is 14.1 Å². The van der Waals surface area contributed by atoms with Crippen LogP contribution in [0, 0.1) is 13.8 Å². The number of nitrogens with zero attached hydrogens (tertiary/aromatic N) is 4. The first-order valence-electron chi connectivity index (χ1n) is 11.3. The van der Waals surface area contributed by atoms with Crippen molar-refractivity contribution in [3.8, 4) is 5.69 Å². The molecule has 2 aromatic carbocycles. The standard InChI is InChI=1S/C25H30N4O3S/c1-4-5-21-7-10-23(11-8-21)33(31,32)28-16-14-27(15-17-28)24-12-13-25(30)29(26-24)22-9-6-19(2)20(3)18-22/h6-13,18H,4-5,14-17H2,1-3H3. The van der Waals surface area contributed by atoms with Gasteiger partial charge in [0, 0.05) is 32.2 Å². The Morgan fingerprint density at radius 3 is 2.21 bits per heavy atom. The van der Waals surface area contributed by atoms with Gasteiger partial charge in [0.2, 0.25) is 10.0 Å². The van der Waals surface area contributed by atoms with E-state index < -0.39 is 10.0 Å². The zero-order chi connectivity index (χ0) is 23.6. The number of aromatic nitrogens is 2. The molecule has 1 aromatic heterocycles. The van der Waals surface area contributed by atoms with Crippen molar-refractivity contribution < 1.29 is 8.42 Å². The second kappa shape index (κ2) is 9.49. The minimum Gasteiger partial charge on any atom is -0.353 e. The summed E-state index contributed by atoms with van der Waals surface area (Å²) in [6, 6.07) is 16.2. The average molecular weight is 467 g/mol. The lowest BCUT2D eigenvalue weighted by Gasteiger charge is -2.34. The highest BCUT2D eigenvalue weighted by atomic mass is 32.2. The van der Waals surface area contributed by atoms with Gasteiger partial charge in [-0.05, 0) is 67.3 Å². The molecule has 0 radical (unpaired) electrons. The van der Waals surface area contributed by atoms with Crippen molar-refractivity contribution in [3.63, 3.8) is 0 Å². The molecular weight excluding hydrogens is 436 g/mol. The number of hydrogen-bond donors (Lipinski definition) is 0. The highest BCUT2D eigenvalue weighted by Crippen LogP contribution is 2.21. The Hall–Kier alpha value is -2.97. The molecule has 0 saturated carbocycles. The maximum Gasteiger partial charge on any atom is 0.271 e. The van der Waals surface area contributed by atoms with E-state index in [0.29, 0.717) is 36.9 Å². The molecule has 174 valence electrons. The lowest BCUT2D eigenvalue weighted by Crippen LogP contribution is -2.49. The number of rotatable bonds is 6. The molecule has 0 N–H and O–H groups in total. The van der Waals surface area contributed by atoms with Gasteiger partial charge in [0.1, 0.15) is 5.82 Å². The monoisotopic (exact) mass is 466 g/mol. The summed E-state index contributed by atoms with van der Waals surface area (Å²) in [4.78, 5) is 14.8. The van der Waals surface area contributed by atoms with Gasteiger partial charge >= 0.3 is 0 Å². The Balaban J connectivity index is 1.49. The van der Waals surface area contributed by atoms with E-state index in [1.807, 2.05) is 49.1 Å². The number of sulfonamides is 1. The van der Waals surface area contributed by atoms with E-state index in [2.05, 4.69) is 12.0 Å². The van der Waals surface area contributed by atoms with Crippen LogP contribution in [0.15, 0.2) is 64.3 Å². The van der Waals surface area contributed by atoms with Crippen LogP contribution in [-0.4, -0.2) is 48.7 Å². The normalized spacial score (nSPS) is 15.1. The molecule has 3 aromatic rings. The van der Waals surface area contributed by atoms with E-state index in [0.717, 1.165) is 35.2 Å². The van der Waals surface area contributed by atoms with Gasteiger partial charge < -0.3 is 4.90 Å². The fraction of sp³-hybridized carbons (Fsp3) is 0.360. The minimum atomic E-state index is -3.54. The average Bonchev–Trinajstić information content (AvgIpc) is 2.82. The van der Waals surface area contributed by atoms with Crippen LogP contribution in [0.25, 0.3) is 5.69 Å². The van der Waals surface area contributed by atoms with Gasteiger partial charge in [-0.2, -0.15) is 8.99 Å². The summed E-state index contributed by atoms with van der Waals surface area (Å²) in [7, 11) is -3.54. The minimum absolute atomic E-state index is 0.199. The Bertz CT molecular complexity index is 1290. The van der Waals surface area contributed by atoms with Crippen molar-refractivity contribution >= 4 is 15.8 Å². The molecule has 2 heterocycles. The predicted molar refractivity (Wildman–Crippen MR) is 131 cm³/mol. The molecule has 8 heteroatoms. The van der Waals surface area contributed by atoms with E-state index in [1.165, 1.54) is 15.1 Å². The number of anilines is 1. The first kappa shape index (κ1) is 23.2. The van der Waals surface area contributed by atoms with E-state index in [9.17, 15) is 13.2 Å². The summed E-state index contributed by atoms with van der Waals surface area (Å²) in [6.45, 7) is 7.87. The number of aryl methyl sites for hydroxylation is 3. The number of hydrogen-bond acceptors (Lipinski definition) is 5. The van der Waals surface area contributed by atoms with Crippen LogP contribution in [0.2, 0.25) is 0 Å². The zero-order valence-corrected chi connectivity index (χ0v) is 20.2. The Morgan fingerprint density at radius 1 is 0.879 bits per heavy atom. The largest absolute Gasteiger partial charge is 0.353 e. The topological polar surface area (TPSA) is 75.5 Å². The highest BCUT2D eigenvalue weighted by Gasteiger charge is 2.29. The maximum absolute atomic E-state index is 13.1. The van der Waals surface area contributed by atoms with Crippen LogP contribution in [-0.2, 0) is 16.4 Å². The van der Waals surface area contributed by atoms with Crippen molar-refractivity contribution in [2.45, 2.75) is 38.5 Å². The summed E-state index contributed by atoms with van der Waals surface area (Å²) in [5, 5.41) is 4.57. The van der Waals surface area contributed by atoms with Gasteiger partial charge in [0.15, 0.2) is 0 Å². The summed E-state index contributed by atoms with van der Waals surface area (Å²) in [5.74, 6) is 0.661. The van der Waals surface area contributed by atoms with Crippen LogP contribution in [0.5, 0.6) is 0 Å². The quantitative estimate of drug-likeness (QED) is 0.557. The predicted octanol–water partition coefficient (Wildman–Crippen LogP) is 3.31. The Kier molecular flexibility index (Phi) is 6.67. The maximum atomic E-state index is 13.1. The van der Waals surface area contributed by atoms with Crippen LogP contribution < -0.4 is 10.5 Å². The molecule has 0 bridgehead atoms. The van der Waals surface area contributed by atoms with E-state index in [-0.39, 0.29) is 5.56 Å². The molecule has 1 aliphatic rings. The third-order valence-electron chi connectivity index (χ3n) is 6.18. The van der Waals surface area contributed by atoms with Crippen molar-refractivity contribution in [1.29, 1.82) is 0 Å². The molecule has 1 saturated heterocycles. The molecular formula is C25H30N4O3S. The third kappa shape index (κ3) is 4.86. The smallest absolute Gasteiger partial charge is 0.271 e. The first-order valence-corrected chi connectivity index (χ1v) is 12.8. The van der Waals surface area contributed by atoms with Crippen LogP contribution >= 0.6 is 0 Å². The van der Waals surface area contributed by atoms with Crippen molar-refractivity contribution in [3.05, 3.63) is 81.6 Å². The number of piperazine rings is 1. The van der Waals surface area contributed by atoms with Gasteiger partial charge in [0.25, 0.3) is 5.56 Å². The van der Waals surface area contributed by atoms with Gasteiger partial charge in [-0.1, -0.05) is 31.5 Å². The summed E-state index contributed by atoms with van der Waals surface area (Å²) < 4.78 is 29.1. The molecule has 0 aliphatic carbocycles. The van der Waals surface area contributed by atoms with E-state index in [1.54, 1.807) is 18.2 Å². The second-order valence-corrected chi connectivity index (χ2v) is 10.4. The second-order valence-electron chi connectivity index (χ2n) is 8.50. The van der Waals surface area contributed by atoms with Crippen LogP contribution in [0.3, 0.4) is 0 Å². The van der Waals surface area contributed by atoms with Gasteiger partial charge in [0.05, 0.1) is 10.6 Å². The first-order chi connectivity index (χ1) is 15.8. The molecule has 4 rings (SSSR count). The molecule has 33 heavy (non-hydrogen) atoms.